The lowest BCUT2D eigenvalue weighted by Crippen LogP contribution is -2.18. The molecule has 0 aliphatic carbocycles. The van der Waals surface area contributed by atoms with E-state index in [0.29, 0.717) is 6.54 Å². The number of unbranched alkanes of at least 4 members (excludes halogenated alkanes) is 26. The van der Waals surface area contributed by atoms with Gasteiger partial charge in [-0.25, -0.2) is 0 Å². The van der Waals surface area contributed by atoms with Gasteiger partial charge in [-0.3, -0.25) is 10.0 Å². The zero-order valence-electron chi connectivity index (χ0n) is 38.6. The van der Waals surface area contributed by atoms with Crippen molar-refractivity contribution in [1.29, 1.82) is 0 Å². The molecule has 0 aliphatic rings. The van der Waals surface area contributed by atoms with E-state index >= 15 is 0 Å². The Morgan fingerprint density at radius 3 is 0.891 bits per heavy atom. The minimum Gasteiger partial charge on any atom is -0.412 e. The number of carbonyl (C=O) groups excluding carboxylic acids is 1. The van der Waals surface area contributed by atoms with Crippen molar-refractivity contribution in [1.82, 2.24) is 10.5 Å². The average Bonchev–Trinajstić information content (AvgIpc) is 3.17. The standard InChI is InChI=1S/2C18H36.C6H15NO2.2C2H7N.CH2O.CH4.H2O.H2/c2*1-3-5-7-9-11-13-15-17-18-16-14-12-10-8-6-4-2;1-3-4-5-6-7(8)9-2;1-3-2;1-2-3;1-2;;;/h2*17-18H,3-16H2,1-2H3;8H,3-6H2,1-2H3;3H,1-2H3;2-3H2,1H3;1H2;1H4;1H2;1H/b2*18-17-;;;;;;;. The van der Waals surface area contributed by atoms with Crippen LogP contribution in [0.3, 0.4) is 0 Å². The van der Waals surface area contributed by atoms with Crippen LogP contribution in [0.2, 0.25) is 0 Å². The summed E-state index contributed by atoms with van der Waals surface area (Å²) in [5, 5.41) is 12.3. The highest BCUT2D eigenvalue weighted by Crippen LogP contribution is 2.11. The monoisotopic (exact) mass is 794 g/mol. The van der Waals surface area contributed by atoms with E-state index < -0.39 is 0 Å². The number of nitrogens with one attached hydrogen (secondary N) is 1. The van der Waals surface area contributed by atoms with E-state index in [0.717, 1.165) is 31.0 Å². The average molecular weight is 794 g/mol. The lowest BCUT2D eigenvalue weighted by atomic mass is 10.1. The molecule has 6 N–H and O–H groups in total. The van der Waals surface area contributed by atoms with Gasteiger partial charge in [0.2, 0.25) is 0 Å². The predicted octanol–water partition coefficient (Wildman–Crippen LogP) is 15.2. The van der Waals surface area contributed by atoms with E-state index in [9.17, 15) is 0 Å². The summed E-state index contributed by atoms with van der Waals surface area (Å²) in [6.45, 7) is 16.5. The van der Waals surface area contributed by atoms with Crippen LogP contribution in [-0.2, 0) is 9.63 Å². The fourth-order valence-electron chi connectivity index (χ4n) is 5.23. The molecular formula is C48H111N3O4. The first kappa shape index (κ1) is 71.6. The minimum atomic E-state index is 0. The number of nitrogens with two attached hydrogens (primary N) is 1. The zero-order chi connectivity index (χ0) is 41.2. The zero-order valence-corrected chi connectivity index (χ0v) is 38.6. The van der Waals surface area contributed by atoms with Crippen LogP contribution in [0.15, 0.2) is 24.3 Å². The van der Waals surface area contributed by atoms with Crippen LogP contribution in [0.5, 0.6) is 0 Å². The van der Waals surface area contributed by atoms with Crippen LogP contribution in [0, 0.1) is 0 Å². The van der Waals surface area contributed by atoms with Crippen LogP contribution in [0.25, 0.3) is 0 Å². The molecule has 0 unspecified atom stereocenters. The smallest absolute Gasteiger partial charge is 0.106 e. The third-order valence-electron chi connectivity index (χ3n) is 8.39. The molecular weight excluding hydrogens is 683 g/mol. The van der Waals surface area contributed by atoms with Gasteiger partial charge < -0.3 is 21.3 Å². The summed E-state index contributed by atoms with van der Waals surface area (Å²) in [4.78, 5) is 12.5. The van der Waals surface area contributed by atoms with Crippen molar-refractivity contribution in [3.05, 3.63) is 24.3 Å². The van der Waals surface area contributed by atoms with E-state index in [4.69, 9.17) is 15.7 Å². The first-order valence-corrected chi connectivity index (χ1v) is 22.8. The normalized spacial score (nSPS) is 9.96. The van der Waals surface area contributed by atoms with Crippen molar-refractivity contribution in [3.63, 3.8) is 0 Å². The molecule has 0 fully saturated rings. The fourth-order valence-corrected chi connectivity index (χ4v) is 5.23. The molecule has 0 aliphatic heterocycles. The molecule has 0 saturated carbocycles. The molecule has 0 amide bonds. The molecule has 0 bridgehead atoms. The van der Waals surface area contributed by atoms with Crippen molar-refractivity contribution in [2.24, 2.45) is 5.73 Å². The SMILES string of the molecule is C.C=O.CCCCCCCC/C=C\CCCCCCCC.CCCCCCCC/C=C\CCCCCCCC.CCCCCN(O)OC.CCN.CNC.O.[HH]. The summed E-state index contributed by atoms with van der Waals surface area (Å²) in [5.74, 6) is 0. The van der Waals surface area contributed by atoms with Crippen LogP contribution in [0.4, 0.5) is 0 Å². The van der Waals surface area contributed by atoms with Crippen molar-refractivity contribution < 1.29 is 21.7 Å². The Balaban J connectivity index is -0.0000000778. The second kappa shape index (κ2) is 85.2. The van der Waals surface area contributed by atoms with Crippen LogP contribution in [0.1, 0.15) is 249 Å². The summed E-state index contributed by atoms with van der Waals surface area (Å²) < 4.78 is 0. The molecule has 7 heteroatoms. The molecule has 342 valence electrons. The van der Waals surface area contributed by atoms with Gasteiger partial charge in [-0.05, 0) is 78.4 Å². The third kappa shape index (κ3) is 106. The summed E-state index contributed by atoms with van der Waals surface area (Å²) >= 11 is 0. The Hall–Kier alpha value is -1.09. The van der Waals surface area contributed by atoms with Gasteiger partial charge in [0.15, 0.2) is 0 Å². The number of nitrogens with zero attached hydrogens (tertiary/aromatic N) is 1. The van der Waals surface area contributed by atoms with Crippen LogP contribution in [-0.4, -0.2) is 57.0 Å². The van der Waals surface area contributed by atoms with Crippen molar-refractivity contribution in [2.75, 3.05) is 34.3 Å². The molecule has 0 rings (SSSR count). The lowest BCUT2D eigenvalue weighted by molar-refractivity contribution is -0.325. The maximum Gasteiger partial charge on any atom is 0.106 e. The predicted molar refractivity (Wildman–Crippen MR) is 255 cm³/mol. The van der Waals surface area contributed by atoms with Crippen LogP contribution < -0.4 is 11.1 Å². The Labute approximate surface area is 350 Å². The molecule has 0 aromatic heterocycles. The van der Waals surface area contributed by atoms with E-state index in [2.05, 4.69) is 69.1 Å². The van der Waals surface area contributed by atoms with E-state index in [1.165, 1.54) is 187 Å². The number of hydrogen-bond acceptors (Lipinski definition) is 6. The second-order valence-corrected chi connectivity index (χ2v) is 14.0. The Morgan fingerprint density at radius 2 is 0.691 bits per heavy atom. The van der Waals surface area contributed by atoms with E-state index in [-0.39, 0.29) is 14.3 Å². The third-order valence-corrected chi connectivity index (χ3v) is 8.39. The maximum atomic E-state index is 8.70. The van der Waals surface area contributed by atoms with Gasteiger partial charge in [0.1, 0.15) is 6.79 Å². The number of allylic oxidation sites excluding steroid dienone is 4. The van der Waals surface area contributed by atoms with Crippen molar-refractivity contribution in [3.8, 4) is 0 Å². The molecule has 0 aromatic rings. The Morgan fingerprint density at radius 1 is 0.509 bits per heavy atom. The topological polar surface area (TPSA) is 119 Å². The van der Waals surface area contributed by atoms with Gasteiger partial charge in [-0.15, -0.1) is 0 Å². The Kier molecular flexibility index (Phi) is 111. The van der Waals surface area contributed by atoms with Gasteiger partial charge in [0.05, 0.1) is 13.7 Å². The van der Waals surface area contributed by atoms with Gasteiger partial charge in [0, 0.05) is 1.43 Å². The largest absolute Gasteiger partial charge is 0.412 e. The highest BCUT2D eigenvalue weighted by atomic mass is 16.9. The van der Waals surface area contributed by atoms with E-state index in [1.54, 1.807) is 0 Å². The second-order valence-electron chi connectivity index (χ2n) is 14.0. The molecule has 55 heavy (non-hydrogen) atoms. The van der Waals surface area contributed by atoms with Gasteiger partial charge >= 0.3 is 0 Å². The van der Waals surface area contributed by atoms with Gasteiger partial charge in [-0.1, -0.05) is 220 Å². The number of hydrogen-bond donors (Lipinski definition) is 3. The molecule has 0 aromatic carbocycles. The van der Waals surface area contributed by atoms with Gasteiger partial charge in [-0.2, -0.15) is 0 Å². The van der Waals surface area contributed by atoms with Crippen LogP contribution >= 0.6 is 0 Å². The quantitative estimate of drug-likeness (QED) is 0.0346. The highest BCUT2D eigenvalue weighted by molar-refractivity contribution is 5.11. The summed E-state index contributed by atoms with van der Waals surface area (Å²) in [7, 11) is 5.20. The molecule has 0 atom stereocenters. The van der Waals surface area contributed by atoms with Crippen molar-refractivity contribution in [2.45, 2.75) is 248 Å². The highest BCUT2D eigenvalue weighted by Gasteiger charge is 1.94. The minimum absolute atomic E-state index is 0. The molecule has 7 nitrogen and oxygen atoms in total. The molecule has 0 radical (unpaired) electrons. The van der Waals surface area contributed by atoms with Gasteiger partial charge in [0.25, 0.3) is 0 Å². The number of rotatable bonds is 33. The summed E-state index contributed by atoms with van der Waals surface area (Å²) in [6.07, 6.45) is 52.2. The van der Waals surface area contributed by atoms with E-state index in [1.807, 2.05) is 27.8 Å². The fraction of sp³-hybridized carbons (Fsp3) is 0.896. The maximum absolute atomic E-state index is 8.70. The lowest BCUT2D eigenvalue weighted by Gasteiger charge is -2.09. The number of hydroxylamine groups is 2. The molecule has 0 spiro atoms. The van der Waals surface area contributed by atoms with Crippen molar-refractivity contribution >= 4 is 6.79 Å². The molecule has 0 saturated heterocycles. The first-order valence-electron chi connectivity index (χ1n) is 22.8. The molecule has 0 heterocycles. The first-order chi connectivity index (χ1) is 26.0. The Bertz CT molecular complexity index is 511. The number of carbonyl (C=O) groups is 1. The summed E-state index contributed by atoms with van der Waals surface area (Å²) in [5.41, 5.74) is 4.85. The summed E-state index contributed by atoms with van der Waals surface area (Å²) in [6, 6.07) is 0.